The van der Waals surface area contributed by atoms with Crippen LogP contribution in [0.2, 0.25) is 0 Å². The van der Waals surface area contributed by atoms with E-state index in [0.717, 1.165) is 0 Å². The van der Waals surface area contributed by atoms with Crippen molar-refractivity contribution in [1.82, 2.24) is 0 Å². The van der Waals surface area contributed by atoms with Gasteiger partial charge in [-0.3, -0.25) is 0 Å². The predicted octanol–water partition coefficient (Wildman–Crippen LogP) is 2.42. The van der Waals surface area contributed by atoms with E-state index in [0.29, 0.717) is 6.42 Å². The molecule has 0 heterocycles. The molecule has 1 saturated carbocycles. The van der Waals surface area contributed by atoms with Crippen molar-refractivity contribution >= 4 is 0 Å². The number of hydrogen-bond donors (Lipinski definition) is 1. The number of rotatable bonds is 2. The minimum atomic E-state index is -4.91. The van der Waals surface area contributed by atoms with Gasteiger partial charge in [0.05, 0.1) is 0 Å². The molecule has 2 bridgehead atoms. The number of halogens is 4. The fourth-order valence-electron chi connectivity index (χ4n) is 2.42. The molecule has 2 rings (SSSR count). The maximum absolute atomic E-state index is 13.1. The van der Waals surface area contributed by atoms with Crippen LogP contribution in [-0.2, 0) is 0 Å². The Morgan fingerprint density at radius 1 is 1.07 bits per heavy atom. The van der Waals surface area contributed by atoms with Gasteiger partial charge in [0.2, 0.25) is 0 Å². The highest BCUT2D eigenvalue weighted by Gasteiger charge is 2.64. The molecule has 0 saturated heterocycles. The third-order valence-electron chi connectivity index (χ3n) is 3.15. The lowest BCUT2D eigenvalue weighted by molar-refractivity contribution is -0.344. The molecule has 2 aliphatic carbocycles. The summed E-state index contributed by atoms with van der Waals surface area (Å²) in [5.74, 6) is -6.25. The zero-order valence-electron chi connectivity index (χ0n) is 7.26. The lowest BCUT2D eigenvalue weighted by Crippen LogP contribution is -2.47. The highest BCUT2D eigenvalue weighted by atomic mass is 19.3. The molecule has 0 aliphatic heterocycles. The molecule has 0 amide bonds. The van der Waals surface area contributed by atoms with Gasteiger partial charge >= 0.3 is 12.0 Å². The number of aliphatic hydroxyl groups is 1. The van der Waals surface area contributed by atoms with Gasteiger partial charge in [-0.2, -0.15) is 17.6 Å². The number of alkyl halides is 4. The highest BCUT2D eigenvalue weighted by Crippen LogP contribution is 2.53. The molecule has 0 aromatic carbocycles. The SMILES string of the molecule is OC(F)(F)C(F)(F)C1CC2C=CC1C2. The molecule has 14 heavy (non-hydrogen) atoms. The number of allylic oxidation sites excluding steroid dienone is 2. The molecule has 2 aliphatic rings. The summed E-state index contributed by atoms with van der Waals surface area (Å²) in [5.41, 5.74) is 0. The van der Waals surface area contributed by atoms with Crippen molar-refractivity contribution in [2.24, 2.45) is 17.8 Å². The van der Waals surface area contributed by atoms with Crippen molar-refractivity contribution in [3.05, 3.63) is 12.2 Å². The van der Waals surface area contributed by atoms with E-state index in [4.69, 9.17) is 5.11 Å². The summed E-state index contributed by atoms with van der Waals surface area (Å²) in [6, 6.07) is 0. The van der Waals surface area contributed by atoms with Gasteiger partial charge in [0.25, 0.3) is 0 Å². The Labute approximate surface area is 78.4 Å². The zero-order chi connectivity index (χ0) is 10.6. The predicted molar refractivity (Wildman–Crippen MR) is 41.0 cm³/mol. The normalized spacial score (nSPS) is 36.8. The van der Waals surface area contributed by atoms with E-state index >= 15 is 0 Å². The van der Waals surface area contributed by atoms with Gasteiger partial charge in [0, 0.05) is 5.92 Å². The summed E-state index contributed by atoms with van der Waals surface area (Å²) in [4.78, 5) is 0. The van der Waals surface area contributed by atoms with E-state index in [1.165, 1.54) is 0 Å². The maximum Gasteiger partial charge on any atom is 0.417 e. The molecule has 80 valence electrons. The molecular weight excluding hydrogens is 200 g/mol. The molecule has 0 aromatic rings. The van der Waals surface area contributed by atoms with Crippen molar-refractivity contribution < 1.29 is 22.7 Å². The zero-order valence-corrected chi connectivity index (χ0v) is 7.26. The average molecular weight is 210 g/mol. The largest absolute Gasteiger partial charge is 0.417 e. The highest BCUT2D eigenvalue weighted by molar-refractivity contribution is 5.13. The summed E-state index contributed by atoms with van der Waals surface area (Å²) in [7, 11) is 0. The quantitative estimate of drug-likeness (QED) is 0.548. The van der Waals surface area contributed by atoms with Crippen LogP contribution >= 0.6 is 0 Å². The van der Waals surface area contributed by atoms with Gasteiger partial charge in [-0.05, 0) is 24.7 Å². The first-order valence-electron chi connectivity index (χ1n) is 4.48. The van der Waals surface area contributed by atoms with Crippen LogP contribution in [-0.4, -0.2) is 17.1 Å². The summed E-state index contributed by atoms with van der Waals surface area (Å²) < 4.78 is 50.6. The Morgan fingerprint density at radius 2 is 1.71 bits per heavy atom. The molecule has 0 spiro atoms. The Bertz CT molecular complexity index is 268. The average Bonchev–Trinajstić information content (AvgIpc) is 2.61. The van der Waals surface area contributed by atoms with Gasteiger partial charge in [-0.15, -0.1) is 0 Å². The third kappa shape index (κ3) is 1.26. The molecule has 3 atom stereocenters. The van der Waals surface area contributed by atoms with Crippen LogP contribution in [0.15, 0.2) is 12.2 Å². The molecule has 3 unspecified atom stereocenters. The summed E-state index contributed by atoms with van der Waals surface area (Å²) in [6.45, 7) is 0. The molecule has 0 aromatic heterocycles. The van der Waals surface area contributed by atoms with Crippen molar-refractivity contribution in [3.8, 4) is 0 Å². The van der Waals surface area contributed by atoms with Crippen LogP contribution in [0.1, 0.15) is 12.8 Å². The molecule has 0 radical (unpaired) electrons. The van der Waals surface area contributed by atoms with E-state index in [1.807, 2.05) is 0 Å². The Morgan fingerprint density at radius 3 is 2.07 bits per heavy atom. The second-order valence-electron chi connectivity index (χ2n) is 4.05. The van der Waals surface area contributed by atoms with Crippen molar-refractivity contribution in [2.45, 2.75) is 24.9 Å². The van der Waals surface area contributed by atoms with Crippen molar-refractivity contribution in [3.63, 3.8) is 0 Å². The van der Waals surface area contributed by atoms with Crippen LogP contribution in [0, 0.1) is 17.8 Å². The topological polar surface area (TPSA) is 20.2 Å². The Balaban J connectivity index is 2.20. The van der Waals surface area contributed by atoms with Gasteiger partial charge in [-0.1, -0.05) is 12.2 Å². The first kappa shape index (κ1) is 9.96. The number of fused-ring (bicyclic) bond motifs is 2. The molecule has 5 heteroatoms. The maximum atomic E-state index is 13.1. The van der Waals surface area contributed by atoms with Gasteiger partial charge < -0.3 is 5.11 Å². The lowest BCUT2D eigenvalue weighted by Gasteiger charge is -2.30. The second-order valence-corrected chi connectivity index (χ2v) is 4.05. The van der Waals surface area contributed by atoms with E-state index in [1.54, 1.807) is 12.2 Å². The number of hydrogen-bond acceptors (Lipinski definition) is 1. The monoisotopic (exact) mass is 210 g/mol. The molecule has 1 N–H and O–H groups in total. The lowest BCUT2D eigenvalue weighted by atomic mass is 9.87. The Kier molecular flexibility index (Phi) is 1.93. The molecular formula is C9H10F4O. The minimum Gasteiger partial charge on any atom is -0.332 e. The van der Waals surface area contributed by atoms with Crippen molar-refractivity contribution in [1.29, 1.82) is 0 Å². The van der Waals surface area contributed by atoms with Crippen LogP contribution in [0.5, 0.6) is 0 Å². The van der Waals surface area contributed by atoms with Crippen molar-refractivity contribution in [2.75, 3.05) is 0 Å². The first-order chi connectivity index (χ1) is 6.32. The summed E-state index contributed by atoms with van der Waals surface area (Å²) in [5, 5.41) is 8.13. The van der Waals surface area contributed by atoms with Crippen LogP contribution < -0.4 is 0 Å². The van der Waals surface area contributed by atoms with Gasteiger partial charge in [0.15, 0.2) is 0 Å². The van der Waals surface area contributed by atoms with Crippen LogP contribution in [0.4, 0.5) is 17.6 Å². The first-order valence-corrected chi connectivity index (χ1v) is 4.48. The third-order valence-corrected chi connectivity index (χ3v) is 3.15. The van der Waals surface area contributed by atoms with Crippen LogP contribution in [0.3, 0.4) is 0 Å². The standard InChI is InChI=1S/C9H10F4O/c10-8(11,9(12,13)14)7-4-5-1-2-6(7)3-5/h1-2,5-7,14H,3-4H2. The minimum absolute atomic E-state index is 0.0155. The van der Waals surface area contributed by atoms with E-state index in [9.17, 15) is 17.6 Å². The summed E-state index contributed by atoms with van der Waals surface area (Å²) >= 11 is 0. The molecule has 1 nitrogen and oxygen atoms in total. The summed E-state index contributed by atoms with van der Waals surface area (Å²) in [6.07, 6.45) is -1.01. The van der Waals surface area contributed by atoms with Gasteiger partial charge in [-0.25, -0.2) is 0 Å². The smallest absolute Gasteiger partial charge is 0.332 e. The fraction of sp³-hybridized carbons (Fsp3) is 0.778. The Hall–Kier alpha value is -0.580. The molecule has 1 fully saturated rings. The fourth-order valence-corrected chi connectivity index (χ4v) is 2.42. The van der Waals surface area contributed by atoms with E-state index in [-0.39, 0.29) is 12.3 Å². The van der Waals surface area contributed by atoms with E-state index in [2.05, 4.69) is 0 Å². The van der Waals surface area contributed by atoms with Gasteiger partial charge in [0.1, 0.15) is 0 Å². The van der Waals surface area contributed by atoms with Crippen LogP contribution in [0.25, 0.3) is 0 Å². The second kappa shape index (κ2) is 2.72. The van der Waals surface area contributed by atoms with E-state index < -0.39 is 23.9 Å².